The van der Waals surface area contributed by atoms with Crippen LogP contribution in [0.1, 0.15) is 39.2 Å². The standard InChI is InChI=1S/C14H21BO4/c1-14(2,3)19-13(16)6-4-5-11-7-9-12(10-8-11)15(17)18/h7-10,17-18H,4-6H2,1-3H3. The molecule has 19 heavy (non-hydrogen) atoms. The maximum Gasteiger partial charge on any atom is 0.488 e. The largest absolute Gasteiger partial charge is 0.488 e. The Morgan fingerprint density at radius 3 is 2.26 bits per heavy atom. The Morgan fingerprint density at radius 2 is 1.79 bits per heavy atom. The lowest BCUT2D eigenvalue weighted by atomic mass is 9.80. The maximum absolute atomic E-state index is 11.5. The minimum Gasteiger partial charge on any atom is -0.460 e. The zero-order valence-electron chi connectivity index (χ0n) is 11.7. The van der Waals surface area contributed by atoms with Gasteiger partial charge in [-0.2, -0.15) is 0 Å². The average molecular weight is 264 g/mol. The van der Waals surface area contributed by atoms with E-state index in [0.717, 1.165) is 18.4 Å². The third kappa shape index (κ3) is 6.41. The normalized spacial score (nSPS) is 11.2. The van der Waals surface area contributed by atoms with Gasteiger partial charge in [-0.15, -0.1) is 0 Å². The number of hydrogen-bond acceptors (Lipinski definition) is 4. The highest BCUT2D eigenvalue weighted by molar-refractivity contribution is 6.58. The third-order valence-corrected chi connectivity index (χ3v) is 2.54. The molecule has 5 heteroatoms. The second kappa shape index (κ2) is 6.73. The number of aryl methyl sites for hydroxylation is 1. The zero-order chi connectivity index (χ0) is 14.5. The van der Waals surface area contributed by atoms with E-state index in [1.807, 2.05) is 32.9 Å². The van der Waals surface area contributed by atoms with Crippen molar-refractivity contribution in [2.45, 2.75) is 45.6 Å². The fraction of sp³-hybridized carbons (Fsp3) is 0.500. The van der Waals surface area contributed by atoms with E-state index in [9.17, 15) is 4.79 Å². The van der Waals surface area contributed by atoms with E-state index in [-0.39, 0.29) is 5.97 Å². The Morgan fingerprint density at radius 1 is 1.21 bits per heavy atom. The first-order chi connectivity index (χ1) is 8.78. The maximum atomic E-state index is 11.5. The summed E-state index contributed by atoms with van der Waals surface area (Å²) in [6.45, 7) is 5.55. The first-order valence-electron chi connectivity index (χ1n) is 6.45. The lowest BCUT2D eigenvalue weighted by molar-refractivity contribution is -0.154. The van der Waals surface area contributed by atoms with Gasteiger partial charge in [0.05, 0.1) is 0 Å². The molecule has 0 aliphatic rings. The molecule has 2 N–H and O–H groups in total. The molecule has 104 valence electrons. The second-order valence-electron chi connectivity index (χ2n) is 5.56. The molecule has 0 heterocycles. The van der Waals surface area contributed by atoms with Crippen molar-refractivity contribution in [3.05, 3.63) is 29.8 Å². The molecule has 0 unspecified atom stereocenters. The monoisotopic (exact) mass is 264 g/mol. The van der Waals surface area contributed by atoms with Crippen LogP contribution in [0.25, 0.3) is 0 Å². The van der Waals surface area contributed by atoms with E-state index in [1.165, 1.54) is 0 Å². The minimum absolute atomic E-state index is 0.185. The van der Waals surface area contributed by atoms with Crippen LogP contribution in [-0.2, 0) is 16.0 Å². The number of carbonyl (C=O) groups excluding carboxylic acids is 1. The Bertz CT molecular complexity index is 406. The highest BCUT2D eigenvalue weighted by Crippen LogP contribution is 2.10. The number of esters is 1. The lowest BCUT2D eigenvalue weighted by Gasteiger charge is -2.19. The Kier molecular flexibility index (Phi) is 5.57. The smallest absolute Gasteiger partial charge is 0.460 e. The first-order valence-corrected chi connectivity index (χ1v) is 6.45. The molecule has 0 bridgehead atoms. The molecule has 4 nitrogen and oxygen atoms in total. The summed E-state index contributed by atoms with van der Waals surface area (Å²) in [6, 6.07) is 7.02. The molecule has 0 amide bonds. The van der Waals surface area contributed by atoms with E-state index >= 15 is 0 Å². The number of rotatable bonds is 5. The molecule has 0 aliphatic heterocycles. The number of benzene rings is 1. The van der Waals surface area contributed by atoms with Crippen LogP contribution >= 0.6 is 0 Å². The van der Waals surface area contributed by atoms with E-state index in [0.29, 0.717) is 11.9 Å². The van der Waals surface area contributed by atoms with Crippen molar-refractivity contribution >= 4 is 18.6 Å². The Balaban J connectivity index is 2.35. The highest BCUT2D eigenvalue weighted by atomic mass is 16.6. The molecular weight excluding hydrogens is 243 g/mol. The van der Waals surface area contributed by atoms with Crippen molar-refractivity contribution in [3.63, 3.8) is 0 Å². The molecule has 0 radical (unpaired) electrons. The van der Waals surface area contributed by atoms with E-state index < -0.39 is 12.7 Å². The van der Waals surface area contributed by atoms with Gasteiger partial charge in [-0.05, 0) is 44.6 Å². The summed E-state index contributed by atoms with van der Waals surface area (Å²) in [5.41, 5.74) is 1.10. The van der Waals surface area contributed by atoms with Crippen LogP contribution in [0, 0.1) is 0 Å². The molecule has 0 saturated heterocycles. The first kappa shape index (κ1) is 15.7. The molecule has 1 rings (SSSR count). The van der Waals surface area contributed by atoms with Gasteiger partial charge in [0.15, 0.2) is 0 Å². The van der Waals surface area contributed by atoms with E-state index in [1.54, 1.807) is 12.1 Å². The summed E-state index contributed by atoms with van der Waals surface area (Å²) in [6.07, 6.45) is 1.87. The Hall–Kier alpha value is -1.33. The molecule has 0 saturated carbocycles. The molecule has 0 fully saturated rings. The summed E-state index contributed by atoms with van der Waals surface area (Å²) in [5.74, 6) is -0.185. The van der Waals surface area contributed by atoms with Gasteiger partial charge in [0.1, 0.15) is 5.60 Å². The number of ether oxygens (including phenoxy) is 1. The number of hydrogen-bond donors (Lipinski definition) is 2. The number of carbonyl (C=O) groups is 1. The van der Waals surface area contributed by atoms with Gasteiger partial charge in [-0.3, -0.25) is 4.79 Å². The van der Waals surface area contributed by atoms with Crippen LogP contribution in [0.2, 0.25) is 0 Å². The van der Waals surface area contributed by atoms with Crippen LogP contribution in [-0.4, -0.2) is 28.7 Å². The van der Waals surface area contributed by atoms with Gasteiger partial charge >= 0.3 is 13.1 Å². The van der Waals surface area contributed by atoms with Crippen LogP contribution in [0.5, 0.6) is 0 Å². The van der Waals surface area contributed by atoms with Gasteiger partial charge in [0, 0.05) is 6.42 Å². The summed E-state index contributed by atoms with van der Waals surface area (Å²) < 4.78 is 5.22. The molecule has 0 aromatic heterocycles. The van der Waals surface area contributed by atoms with Crippen molar-refractivity contribution in [3.8, 4) is 0 Å². The topological polar surface area (TPSA) is 66.8 Å². The summed E-state index contributed by atoms with van der Waals surface area (Å²) >= 11 is 0. The van der Waals surface area contributed by atoms with E-state index in [2.05, 4.69) is 0 Å². The van der Waals surface area contributed by atoms with Crippen molar-refractivity contribution in [2.75, 3.05) is 0 Å². The quantitative estimate of drug-likeness (QED) is 0.615. The van der Waals surface area contributed by atoms with Gasteiger partial charge in [-0.1, -0.05) is 24.3 Å². The SMILES string of the molecule is CC(C)(C)OC(=O)CCCc1ccc(B(O)O)cc1. The minimum atomic E-state index is -1.43. The van der Waals surface area contributed by atoms with Gasteiger partial charge in [0.2, 0.25) is 0 Å². The van der Waals surface area contributed by atoms with Gasteiger partial charge < -0.3 is 14.8 Å². The fourth-order valence-electron chi connectivity index (χ4n) is 1.69. The zero-order valence-corrected chi connectivity index (χ0v) is 11.7. The summed E-state index contributed by atoms with van der Waals surface area (Å²) in [5, 5.41) is 17.9. The van der Waals surface area contributed by atoms with Crippen LogP contribution in [0.15, 0.2) is 24.3 Å². The summed E-state index contributed by atoms with van der Waals surface area (Å²) in [7, 11) is -1.43. The third-order valence-electron chi connectivity index (χ3n) is 2.54. The summed E-state index contributed by atoms with van der Waals surface area (Å²) in [4.78, 5) is 11.5. The van der Waals surface area contributed by atoms with Gasteiger partial charge in [-0.25, -0.2) is 0 Å². The highest BCUT2D eigenvalue weighted by Gasteiger charge is 2.15. The van der Waals surface area contributed by atoms with E-state index in [4.69, 9.17) is 14.8 Å². The van der Waals surface area contributed by atoms with Crippen LogP contribution < -0.4 is 5.46 Å². The van der Waals surface area contributed by atoms with Crippen molar-refractivity contribution in [1.82, 2.24) is 0 Å². The average Bonchev–Trinajstić information content (AvgIpc) is 2.27. The van der Waals surface area contributed by atoms with Crippen molar-refractivity contribution < 1.29 is 19.6 Å². The fourth-order valence-corrected chi connectivity index (χ4v) is 1.69. The molecular formula is C14H21BO4. The van der Waals surface area contributed by atoms with Crippen LogP contribution in [0.4, 0.5) is 0 Å². The molecule has 0 atom stereocenters. The second-order valence-corrected chi connectivity index (χ2v) is 5.56. The van der Waals surface area contributed by atoms with Gasteiger partial charge in [0.25, 0.3) is 0 Å². The molecule has 0 aliphatic carbocycles. The predicted molar refractivity (Wildman–Crippen MR) is 75.1 cm³/mol. The van der Waals surface area contributed by atoms with Crippen molar-refractivity contribution in [1.29, 1.82) is 0 Å². The lowest BCUT2D eigenvalue weighted by Crippen LogP contribution is -2.29. The molecule has 0 spiro atoms. The Labute approximate surface area is 114 Å². The van der Waals surface area contributed by atoms with Crippen LogP contribution in [0.3, 0.4) is 0 Å². The van der Waals surface area contributed by atoms with Crippen molar-refractivity contribution in [2.24, 2.45) is 0 Å². The molecule has 1 aromatic carbocycles. The molecule has 1 aromatic rings. The predicted octanol–water partition coefficient (Wildman–Crippen LogP) is 1.03.